The number of hydrogen-bond donors (Lipinski definition) is 2. The van der Waals surface area contributed by atoms with Crippen LogP contribution in [-0.4, -0.2) is 42.3 Å². The SMILES string of the molecule is CCc1nnc(NC(=O)C(C#N)=Cc2ccc(OCCOc3ccc(NC(C)=O)cc3)c(OC)c2)s1. The summed E-state index contributed by atoms with van der Waals surface area (Å²) in [5.41, 5.74) is 1.19. The summed E-state index contributed by atoms with van der Waals surface area (Å²) in [6, 6.07) is 14.0. The summed E-state index contributed by atoms with van der Waals surface area (Å²) in [7, 11) is 1.50. The smallest absolute Gasteiger partial charge is 0.268 e. The molecule has 3 aromatic rings. The van der Waals surface area contributed by atoms with Gasteiger partial charge in [0.05, 0.1) is 7.11 Å². The lowest BCUT2D eigenvalue weighted by Gasteiger charge is -2.12. The number of carbonyl (C=O) groups excluding carboxylic acids is 2. The maximum Gasteiger partial charge on any atom is 0.268 e. The quantitative estimate of drug-likeness (QED) is 0.225. The summed E-state index contributed by atoms with van der Waals surface area (Å²) in [5, 5.41) is 23.7. The number of methoxy groups -OCH3 is 1. The lowest BCUT2D eigenvalue weighted by Crippen LogP contribution is -2.13. The van der Waals surface area contributed by atoms with Gasteiger partial charge in [-0.15, -0.1) is 10.2 Å². The molecule has 0 atom stereocenters. The molecule has 0 aliphatic heterocycles. The summed E-state index contributed by atoms with van der Waals surface area (Å²) in [6.45, 7) is 3.93. The Bertz CT molecular complexity index is 1280. The Morgan fingerprint density at radius 1 is 1.06 bits per heavy atom. The van der Waals surface area contributed by atoms with Gasteiger partial charge >= 0.3 is 0 Å². The van der Waals surface area contributed by atoms with Gasteiger partial charge < -0.3 is 19.5 Å². The van der Waals surface area contributed by atoms with Gasteiger partial charge in [0, 0.05) is 12.6 Å². The van der Waals surface area contributed by atoms with Crippen LogP contribution in [0.3, 0.4) is 0 Å². The van der Waals surface area contributed by atoms with Crippen LogP contribution in [0.25, 0.3) is 6.08 Å². The number of amides is 2. The Morgan fingerprint density at radius 2 is 1.81 bits per heavy atom. The van der Waals surface area contributed by atoms with Gasteiger partial charge in [0.1, 0.15) is 35.6 Å². The van der Waals surface area contributed by atoms with Crippen LogP contribution < -0.4 is 24.8 Å². The number of nitriles is 1. The van der Waals surface area contributed by atoms with E-state index in [1.54, 1.807) is 42.5 Å². The van der Waals surface area contributed by atoms with Crippen molar-refractivity contribution in [1.82, 2.24) is 10.2 Å². The number of benzene rings is 2. The van der Waals surface area contributed by atoms with Gasteiger partial charge in [0.2, 0.25) is 11.0 Å². The maximum absolute atomic E-state index is 12.5. The number of hydrogen-bond acceptors (Lipinski definition) is 9. The minimum Gasteiger partial charge on any atom is -0.493 e. The molecule has 2 amide bonds. The largest absolute Gasteiger partial charge is 0.493 e. The number of aromatic nitrogens is 2. The third-order valence-corrected chi connectivity index (χ3v) is 5.62. The van der Waals surface area contributed by atoms with E-state index in [4.69, 9.17) is 14.2 Å². The lowest BCUT2D eigenvalue weighted by molar-refractivity contribution is -0.114. The highest BCUT2D eigenvalue weighted by Gasteiger charge is 2.13. The fourth-order valence-electron chi connectivity index (χ4n) is 2.97. The molecule has 0 fully saturated rings. The van der Waals surface area contributed by atoms with E-state index in [1.165, 1.54) is 31.4 Å². The third kappa shape index (κ3) is 7.54. The first-order valence-corrected chi connectivity index (χ1v) is 11.8. The van der Waals surface area contributed by atoms with E-state index < -0.39 is 5.91 Å². The van der Waals surface area contributed by atoms with Gasteiger partial charge in [-0.1, -0.05) is 24.3 Å². The topological polar surface area (TPSA) is 135 Å². The lowest BCUT2D eigenvalue weighted by atomic mass is 10.1. The summed E-state index contributed by atoms with van der Waals surface area (Å²) in [5.74, 6) is 0.860. The van der Waals surface area contributed by atoms with Crippen molar-refractivity contribution in [3.63, 3.8) is 0 Å². The zero-order valence-corrected chi connectivity index (χ0v) is 20.8. The van der Waals surface area contributed by atoms with E-state index in [1.807, 2.05) is 13.0 Å². The molecule has 36 heavy (non-hydrogen) atoms. The van der Waals surface area contributed by atoms with Crippen molar-refractivity contribution in [2.45, 2.75) is 20.3 Å². The standard InChI is InChI=1S/C25H25N5O5S/c1-4-23-29-30-25(36-23)28-24(32)18(15-26)13-17-5-10-21(22(14-17)33-3)35-12-11-34-20-8-6-19(7-9-20)27-16(2)31/h5-10,13-14H,4,11-12H2,1-3H3,(H,27,31)(H,28,30,32). The van der Waals surface area contributed by atoms with Crippen molar-refractivity contribution < 1.29 is 23.8 Å². The highest BCUT2D eigenvalue weighted by atomic mass is 32.1. The molecule has 0 saturated carbocycles. The average Bonchev–Trinajstić information content (AvgIpc) is 3.33. The molecule has 11 heteroatoms. The Morgan fingerprint density at radius 3 is 2.44 bits per heavy atom. The monoisotopic (exact) mass is 507 g/mol. The minimum absolute atomic E-state index is 0.0862. The van der Waals surface area contributed by atoms with Crippen molar-refractivity contribution in [2.24, 2.45) is 0 Å². The maximum atomic E-state index is 12.5. The van der Waals surface area contributed by atoms with Gasteiger partial charge in [-0.3, -0.25) is 14.9 Å². The second kappa shape index (κ2) is 12.9. The number of carbonyl (C=O) groups is 2. The fourth-order valence-corrected chi connectivity index (χ4v) is 3.64. The minimum atomic E-state index is -0.571. The molecule has 186 valence electrons. The second-order valence-electron chi connectivity index (χ2n) is 7.29. The van der Waals surface area contributed by atoms with Gasteiger partial charge in [0.15, 0.2) is 11.5 Å². The molecule has 0 bridgehead atoms. The normalized spacial score (nSPS) is 10.8. The van der Waals surface area contributed by atoms with E-state index in [2.05, 4.69) is 20.8 Å². The molecule has 0 radical (unpaired) electrons. The van der Waals surface area contributed by atoms with Crippen LogP contribution in [0.1, 0.15) is 24.4 Å². The first-order valence-electron chi connectivity index (χ1n) is 11.0. The average molecular weight is 508 g/mol. The van der Waals surface area contributed by atoms with Gasteiger partial charge in [-0.2, -0.15) is 5.26 Å². The molecular weight excluding hydrogens is 482 g/mol. The predicted octanol–water partition coefficient (Wildman–Crippen LogP) is 4.07. The van der Waals surface area contributed by atoms with Crippen molar-refractivity contribution >= 4 is 40.0 Å². The molecule has 0 aliphatic carbocycles. The number of nitrogens with zero attached hydrogens (tertiary/aromatic N) is 3. The van der Waals surface area contributed by atoms with Gasteiger partial charge in [0.25, 0.3) is 5.91 Å². The fraction of sp³-hybridized carbons (Fsp3) is 0.240. The first kappa shape index (κ1) is 26.2. The predicted molar refractivity (Wildman–Crippen MR) is 136 cm³/mol. The zero-order chi connectivity index (χ0) is 25.9. The molecule has 2 N–H and O–H groups in total. The van der Waals surface area contributed by atoms with Gasteiger partial charge in [-0.25, -0.2) is 0 Å². The Hall–Kier alpha value is -4.43. The molecule has 0 aliphatic rings. The van der Waals surface area contributed by atoms with Crippen LogP contribution in [0.5, 0.6) is 17.2 Å². The Kier molecular flexibility index (Phi) is 9.36. The Labute approximate surface area is 212 Å². The number of anilines is 2. The molecule has 0 saturated heterocycles. The Balaban J connectivity index is 1.57. The molecule has 1 aromatic heterocycles. The van der Waals surface area contributed by atoms with E-state index in [0.717, 1.165) is 5.01 Å². The zero-order valence-electron chi connectivity index (χ0n) is 20.0. The molecular formula is C25H25N5O5S. The number of ether oxygens (including phenoxy) is 3. The van der Waals surface area contributed by atoms with E-state index >= 15 is 0 Å². The highest BCUT2D eigenvalue weighted by Crippen LogP contribution is 2.29. The molecule has 3 rings (SSSR count). The molecule has 0 unspecified atom stereocenters. The number of nitrogens with one attached hydrogen (secondary N) is 2. The molecule has 2 aromatic carbocycles. The van der Waals surface area contributed by atoms with Crippen LogP contribution in [0, 0.1) is 11.3 Å². The summed E-state index contributed by atoms with van der Waals surface area (Å²) >= 11 is 1.26. The van der Waals surface area contributed by atoms with Crippen LogP contribution in [0.15, 0.2) is 48.0 Å². The molecule has 10 nitrogen and oxygen atoms in total. The summed E-state index contributed by atoms with van der Waals surface area (Å²) in [6.07, 6.45) is 2.17. The summed E-state index contributed by atoms with van der Waals surface area (Å²) < 4.78 is 16.8. The number of rotatable bonds is 11. The van der Waals surface area contributed by atoms with Gasteiger partial charge in [-0.05, 0) is 54.5 Å². The van der Waals surface area contributed by atoms with Crippen LogP contribution in [0.2, 0.25) is 0 Å². The van der Waals surface area contributed by atoms with Crippen molar-refractivity contribution in [3.05, 3.63) is 58.6 Å². The van der Waals surface area contributed by atoms with E-state index in [-0.39, 0.29) is 24.7 Å². The second-order valence-corrected chi connectivity index (χ2v) is 8.35. The molecule has 0 spiro atoms. The highest BCUT2D eigenvalue weighted by molar-refractivity contribution is 7.15. The summed E-state index contributed by atoms with van der Waals surface area (Å²) in [4.78, 5) is 23.6. The van der Waals surface area contributed by atoms with Crippen molar-refractivity contribution in [2.75, 3.05) is 31.0 Å². The van der Waals surface area contributed by atoms with Crippen LogP contribution in [0.4, 0.5) is 10.8 Å². The van der Waals surface area contributed by atoms with Crippen LogP contribution in [-0.2, 0) is 16.0 Å². The van der Waals surface area contributed by atoms with Crippen molar-refractivity contribution in [3.8, 4) is 23.3 Å². The number of aryl methyl sites for hydroxylation is 1. The van der Waals surface area contributed by atoms with E-state index in [9.17, 15) is 14.9 Å². The van der Waals surface area contributed by atoms with Crippen molar-refractivity contribution in [1.29, 1.82) is 5.26 Å². The van der Waals surface area contributed by atoms with E-state index in [0.29, 0.717) is 40.1 Å². The van der Waals surface area contributed by atoms with Crippen LogP contribution >= 0.6 is 11.3 Å². The first-order chi connectivity index (χ1) is 17.4. The molecule has 1 heterocycles. The third-order valence-electron chi connectivity index (χ3n) is 4.64.